The molecule has 0 aliphatic heterocycles. The lowest BCUT2D eigenvalue weighted by atomic mass is 9.83. The van der Waals surface area contributed by atoms with Crippen LogP contribution < -0.4 is 0 Å². The van der Waals surface area contributed by atoms with Crippen molar-refractivity contribution < 1.29 is 9.59 Å². The van der Waals surface area contributed by atoms with Crippen LogP contribution in [0.25, 0.3) is 0 Å². The molecule has 0 bridgehead atoms. The van der Waals surface area contributed by atoms with Crippen LogP contribution in [0.3, 0.4) is 0 Å². The van der Waals surface area contributed by atoms with Crippen molar-refractivity contribution in [3.05, 3.63) is 22.3 Å². The van der Waals surface area contributed by atoms with Gasteiger partial charge < -0.3 is 0 Å². The van der Waals surface area contributed by atoms with E-state index < -0.39 is 0 Å². The Morgan fingerprint density at radius 3 is 1.29 bits per heavy atom. The zero-order valence-corrected chi connectivity index (χ0v) is 9.23. The molecule has 0 aromatic carbocycles. The summed E-state index contributed by atoms with van der Waals surface area (Å²) in [5.74, 6) is 0.114. The van der Waals surface area contributed by atoms with Gasteiger partial charge in [0.25, 0.3) is 0 Å². The molecule has 0 atom stereocenters. The number of Topliss-reactive ketones (excluding diaryl/α,β-unsaturated/α-hetero) is 2. The fraction of sp³-hybridized carbons (Fsp3) is 0.500. The molecule has 0 spiro atoms. The molecule has 1 aliphatic rings. The Balaban J connectivity index is 3.31. The number of carbonyl (C=O) groups excluding carboxylic acids is 2. The van der Waals surface area contributed by atoms with E-state index in [1.54, 1.807) is 13.8 Å². The van der Waals surface area contributed by atoms with Gasteiger partial charge in [0.15, 0.2) is 11.6 Å². The molecular formula is C12H16O2. The SMILES string of the molecule is CCC1=C(CC)C(=O)C(C)=C(C)C1=O. The largest absolute Gasteiger partial charge is 0.289 e. The van der Waals surface area contributed by atoms with Gasteiger partial charge in [0.2, 0.25) is 0 Å². The maximum atomic E-state index is 11.8. The van der Waals surface area contributed by atoms with Gasteiger partial charge >= 0.3 is 0 Å². The van der Waals surface area contributed by atoms with E-state index in [2.05, 4.69) is 0 Å². The maximum absolute atomic E-state index is 11.8. The van der Waals surface area contributed by atoms with Crippen molar-refractivity contribution in [1.29, 1.82) is 0 Å². The molecule has 0 heterocycles. The Bertz CT molecular complexity index is 323. The number of hydrogen-bond acceptors (Lipinski definition) is 2. The monoisotopic (exact) mass is 192 g/mol. The molecule has 2 heteroatoms. The van der Waals surface area contributed by atoms with Gasteiger partial charge in [-0.25, -0.2) is 0 Å². The van der Waals surface area contributed by atoms with Gasteiger partial charge in [-0.3, -0.25) is 9.59 Å². The van der Waals surface area contributed by atoms with Crippen LogP contribution in [-0.2, 0) is 9.59 Å². The summed E-state index contributed by atoms with van der Waals surface area (Å²) in [5.41, 5.74) is 2.65. The molecule has 0 unspecified atom stereocenters. The second-order valence-corrected chi connectivity index (χ2v) is 3.57. The molecule has 0 saturated carbocycles. The van der Waals surface area contributed by atoms with E-state index in [0.29, 0.717) is 35.1 Å². The summed E-state index contributed by atoms with van der Waals surface area (Å²) in [6.45, 7) is 7.31. The lowest BCUT2D eigenvalue weighted by Crippen LogP contribution is -2.21. The second kappa shape index (κ2) is 3.91. The summed E-state index contributed by atoms with van der Waals surface area (Å²) in [4.78, 5) is 23.6. The third kappa shape index (κ3) is 1.45. The second-order valence-electron chi connectivity index (χ2n) is 3.57. The van der Waals surface area contributed by atoms with Crippen LogP contribution >= 0.6 is 0 Å². The maximum Gasteiger partial charge on any atom is 0.185 e. The quantitative estimate of drug-likeness (QED) is 0.630. The van der Waals surface area contributed by atoms with Crippen LogP contribution in [0.4, 0.5) is 0 Å². The average Bonchev–Trinajstić information content (AvgIpc) is 2.20. The highest BCUT2D eigenvalue weighted by molar-refractivity contribution is 6.24. The first-order chi connectivity index (χ1) is 6.54. The number of rotatable bonds is 2. The predicted molar refractivity (Wildman–Crippen MR) is 56.0 cm³/mol. The van der Waals surface area contributed by atoms with Crippen molar-refractivity contribution in [1.82, 2.24) is 0 Å². The van der Waals surface area contributed by atoms with Gasteiger partial charge in [-0.05, 0) is 26.7 Å². The van der Waals surface area contributed by atoms with E-state index in [9.17, 15) is 9.59 Å². The first kappa shape index (κ1) is 10.9. The smallest absolute Gasteiger partial charge is 0.185 e. The van der Waals surface area contributed by atoms with Crippen LogP contribution in [0.1, 0.15) is 40.5 Å². The van der Waals surface area contributed by atoms with Crippen molar-refractivity contribution in [3.63, 3.8) is 0 Å². The van der Waals surface area contributed by atoms with Crippen LogP contribution in [0.15, 0.2) is 22.3 Å². The molecule has 76 valence electrons. The minimum Gasteiger partial charge on any atom is -0.289 e. The van der Waals surface area contributed by atoms with E-state index in [0.717, 1.165) is 0 Å². The molecule has 1 rings (SSSR count). The molecule has 0 saturated heterocycles. The van der Waals surface area contributed by atoms with Crippen molar-refractivity contribution in [2.75, 3.05) is 0 Å². The molecule has 0 aromatic rings. The Labute approximate surface area is 84.7 Å². The molecule has 0 fully saturated rings. The lowest BCUT2D eigenvalue weighted by molar-refractivity contribution is -0.116. The van der Waals surface area contributed by atoms with Crippen LogP contribution in [0, 0.1) is 0 Å². The first-order valence-electron chi connectivity index (χ1n) is 5.03. The fourth-order valence-corrected chi connectivity index (χ4v) is 1.82. The summed E-state index contributed by atoms with van der Waals surface area (Å²) in [6.07, 6.45) is 1.30. The van der Waals surface area contributed by atoms with Crippen molar-refractivity contribution >= 4 is 11.6 Å². The zero-order chi connectivity index (χ0) is 10.9. The Morgan fingerprint density at radius 1 is 0.786 bits per heavy atom. The summed E-state index contributed by atoms with van der Waals surface area (Å²) in [6, 6.07) is 0. The molecule has 0 amide bonds. The van der Waals surface area contributed by atoms with Crippen molar-refractivity contribution in [2.24, 2.45) is 0 Å². The third-order valence-corrected chi connectivity index (χ3v) is 2.86. The third-order valence-electron chi connectivity index (χ3n) is 2.86. The molecule has 0 radical (unpaired) electrons. The van der Waals surface area contributed by atoms with Crippen molar-refractivity contribution in [2.45, 2.75) is 40.5 Å². The van der Waals surface area contributed by atoms with E-state index >= 15 is 0 Å². The van der Waals surface area contributed by atoms with E-state index in [1.165, 1.54) is 0 Å². The van der Waals surface area contributed by atoms with Gasteiger partial charge in [0.1, 0.15) is 0 Å². The van der Waals surface area contributed by atoms with E-state index in [1.807, 2.05) is 13.8 Å². The van der Waals surface area contributed by atoms with Gasteiger partial charge in [-0.15, -0.1) is 0 Å². The van der Waals surface area contributed by atoms with Gasteiger partial charge in [0.05, 0.1) is 0 Å². The topological polar surface area (TPSA) is 34.1 Å². The van der Waals surface area contributed by atoms with Gasteiger partial charge in [0, 0.05) is 22.3 Å². The first-order valence-corrected chi connectivity index (χ1v) is 5.03. The molecule has 0 aromatic heterocycles. The van der Waals surface area contributed by atoms with Crippen LogP contribution in [0.5, 0.6) is 0 Å². The van der Waals surface area contributed by atoms with Crippen LogP contribution in [0.2, 0.25) is 0 Å². The highest BCUT2D eigenvalue weighted by Gasteiger charge is 2.27. The zero-order valence-electron chi connectivity index (χ0n) is 9.23. The minimum absolute atomic E-state index is 0.0569. The summed E-state index contributed by atoms with van der Waals surface area (Å²) in [5, 5.41) is 0. The summed E-state index contributed by atoms with van der Waals surface area (Å²) in [7, 11) is 0. The molecular weight excluding hydrogens is 176 g/mol. The Kier molecular flexibility index (Phi) is 3.04. The highest BCUT2D eigenvalue weighted by Crippen LogP contribution is 2.27. The van der Waals surface area contributed by atoms with Crippen LogP contribution in [-0.4, -0.2) is 11.6 Å². The minimum atomic E-state index is 0.0569. The predicted octanol–water partition coefficient (Wildman–Crippen LogP) is 2.59. The fourth-order valence-electron chi connectivity index (χ4n) is 1.82. The summed E-state index contributed by atoms with van der Waals surface area (Å²) >= 11 is 0. The number of hydrogen-bond donors (Lipinski definition) is 0. The lowest BCUT2D eigenvalue weighted by Gasteiger charge is -2.18. The molecule has 14 heavy (non-hydrogen) atoms. The number of allylic oxidation sites excluding steroid dienone is 4. The van der Waals surface area contributed by atoms with Gasteiger partial charge in [-0.1, -0.05) is 13.8 Å². The Hall–Kier alpha value is -1.18. The van der Waals surface area contributed by atoms with E-state index in [4.69, 9.17) is 0 Å². The molecule has 2 nitrogen and oxygen atoms in total. The van der Waals surface area contributed by atoms with Crippen molar-refractivity contribution in [3.8, 4) is 0 Å². The van der Waals surface area contributed by atoms with Gasteiger partial charge in [-0.2, -0.15) is 0 Å². The standard InChI is InChI=1S/C12H16O2/c1-5-9-10(6-2)12(14)8(4)7(3)11(9)13/h5-6H2,1-4H3. The molecule has 1 aliphatic carbocycles. The molecule has 0 N–H and O–H groups in total. The normalized spacial score (nSPS) is 18.3. The number of carbonyl (C=O) groups is 2. The highest BCUT2D eigenvalue weighted by atomic mass is 16.1. The average molecular weight is 192 g/mol. The van der Waals surface area contributed by atoms with E-state index in [-0.39, 0.29) is 11.6 Å². The number of ketones is 2. The Morgan fingerprint density at radius 2 is 1.07 bits per heavy atom. The summed E-state index contributed by atoms with van der Waals surface area (Å²) < 4.78 is 0.